The highest BCUT2D eigenvalue weighted by atomic mass is 35.5. The number of nitrogens with one attached hydrogen (secondary N) is 1. The first-order chi connectivity index (χ1) is 10.5. The monoisotopic (exact) mass is 313 g/mol. The van der Waals surface area contributed by atoms with Gasteiger partial charge in [0.05, 0.1) is 10.9 Å². The van der Waals surface area contributed by atoms with E-state index in [0.29, 0.717) is 21.7 Å². The van der Waals surface area contributed by atoms with Gasteiger partial charge in [-0.3, -0.25) is 4.79 Å². The number of benzene rings is 2. The van der Waals surface area contributed by atoms with Crippen molar-refractivity contribution in [3.05, 3.63) is 75.2 Å². The van der Waals surface area contributed by atoms with Gasteiger partial charge in [-0.05, 0) is 54.3 Å². The van der Waals surface area contributed by atoms with Gasteiger partial charge in [0.15, 0.2) is 0 Å². The molecule has 2 aromatic carbocycles. The van der Waals surface area contributed by atoms with Crippen molar-refractivity contribution < 1.29 is 9.53 Å². The largest absolute Gasteiger partial charge is 0.423 e. The average Bonchev–Trinajstić information content (AvgIpc) is 2.48. The minimum atomic E-state index is -0.485. The summed E-state index contributed by atoms with van der Waals surface area (Å²) >= 11 is 5.87. The van der Waals surface area contributed by atoms with E-state index < -0.39 is 5.97 Å². The Labute approximate surface area is 131 Å². The Morgan fingerprint density at radius 1 is 1.14 bits per heavy atom. The Hall–Kier alpha value is -2.59. The number of carbonyl (C=O) groups excluding carboxylic acids is 1. The van der Waals surface area contributed by atoms with Crippen LogP contribution >= 0.6 is 11.6 Å². The first-order valence-electron chi connectivity index (χ1n) is 6.64. The SMILES string of the molecule is Cc1cc(Cl)ccc1C(=O)Oc1ccc2cc[nH]c(=O)c2c1. The molecule has 0 amide bonds. The van der Waals surface area contributed by atoms with Crippen LogP contribution in [0.25, 0.3) is 10.8 Å². The van der Waals surface area contributed by atoms with Crippen molar-refractivity contribution in [3.63, 3.8) is 0 Å². The van der Waals surface area contributed by atoms with Crippen LogP contribution in [0.4, 0.5) is 0 Å². The summed E-state index contributed by atoms with van der Waals surface area (Å²) in [5, 5.41) is 1.82. The van der Waals surface area contributed by atoms with Gasteiger partial charge >= 0.3 is 5.97 Å². The van der Waals surface area contributed by atoms with Crippen molar-refractivity contribution in [1.29, 1.82) is 0 Å². The molecule has 1 N–H and O–H groups in total. The normalized spacial score (nSPS) is 10.6. The van der Waals surface area contributed by atoms with Crippen LogP contribution in [-0.2, 0) is 0 Å². The maximum atomic E-state index is 12.2. The predicted molar refractivity (Wildman–Crippen MR) is 85.7 cm³/mol. The second-order valence-electron chi connectivity index (χ2n) is 4.90. The van der Waals surface area contributed by atoms with Gasteiger partial charge in [-0.2, -0.15) is 0 Å². The van der Waals surface area contributed by atoms with Gasteiger partial charge in [-0.25, -0.2) is 4.79 Å². The van der Waals surface area contributed by atoms with E-state index in [1.54, 1.807) is 55.6 Å². The number of carbonyl (C=O) groups is 1. The number of halogens is 1. The summed E-state index contributed by atoms with van der Waals surface area (Å²) in [4.78, 5) is 26.6. The molecule has 0 spiro atoms. The lowest BCUT2D eigenvalue weighted by atomic mass is 10.1. The molecule has 0 aliphatic rings. The van der Waals surface area contributed by atoms with Gasteiger partial charge in [-0.15, -0.1) is 0 Å². The first-order valence-corrected chi connectivity index (χ1v) is 7.02. The summed E-state index contributed by atoms with van der Waals surface area (Å²) in [5.74, 6) is -0.163. The first kappa shape index (κ1) is 14.4. The second kappa shape index (κ2) is 5.66. The number of hydrogen-bond donors (Lipinski definition) is 1. The maximum Gasteiger partial charge on any atom is 0.343 e. The molecule has 0 saturated heterocycles. The Morgan fingerprint density at radius 2 is 1.95 bits per heavy atom. The molecule has 110 valence electrons. The van der Waals surface area contributed by atoms with Crippen LogP contribution in [0.2, 0.25) is 5.02 Å². The number of hydrogen-bond acceptors (Lipinski definition) is 3. The number of aromatic nitrogens is 1. The average molecular weight is 314 g/mol. The number of H-pyrrole nitrogens is 1. The molecule has 0 fully saturated rings. The van der Waals surface area contributed by atoms with Crippen LogP contribution in [0.5, 0.6) is 5.75 Å². The zero-order valence-corrected chi connectivity index (χ0v) is 12.5. The lowest BCUT2D eigenvalue weighted by Crippen LogP contribution is -2.11. The highest BCUT2D eigenvalue weighted by molar-refractivity contribution is 6.30. The van der Waals surface area contributed by atoms with E-state index >= 15 is 0 Å². The highest BCUT2D eigenvalue weighted by Gasteiger charge is 2.12. The summed E-state index contributed by atoms with van der Waals surface area (Å²) in [6.07, 6.45) is 1.58. The second-order valence-corrected chi connectivity index (χ2v) is 5.34. The fourth-order valence-corrected chi connectivity index (χ4v) is 2.47. The van der Waals surface area contributed by atoms with Crippen molar-refractivity contribution >= 4 is 28.3 Å². The van der Waals surface area contributed by atoms with Crippen LogP contribution in [0, 0.1) is 6.92 Å². The molecule has 0 unspecified atom stereocenters. The minimum Gasteiger partial charge on any atom is -0.423 e. The summed E-state index contributed by atoms with van der Waals surface area (Å²) in [5.41, 5.74) is 0.945. The molecule has 1 heterocycles. The predicted octanol–water partition coefficient (Wildman–Crippen LogP) is 3.71. The van der Waals surface area contributed by atoms with E-state index in [0.717, 1.165) is 10.9 Å². The summed E-state index contributed by atoms with van der Waals surface area (Å²) < 4.78 is 5.35. The number of pyridine rings is 1. The quantitative estimate of drug-likeness (QED) is 0.579. The molecular weight excluding hydrogens is 302 g/mol. The van der Waals surface area contributed by atoms with Crippen LogP contribution in [0.3, 0.4) is 0 Å². The molecule has 0 aliphatic heterocycles. The fourth-order valence-electron chi connectivity index (χ4n) is 2.24. The van der Waals surface area contributed by atoms with Crippen LogP contribution in [0.1, 0.15) is 15.9 Å². The molecular formula is C17H12ClNO3. The Kier molecular flexibility index (Phi) is 3.69. The van der Waals surface area contributed by atoms with E-state index in [1.807, 2.05) is 0 Å². The fraction of sp³-hybridized carbons (Fsp3) is 0.0588. The van der Waals surface area contributed by atoms with E-state index in [1.165, 1.54) is 0 Å². The highest BCUT2D eigenvalue weighted by Crippen LogP contribution is 2.21. The van der Waals surface area contributed by atoms with Gasteiger partial charge in [0.25, 0.3) is 5.56 Å². The molecule has 4 nitrogen and oxygen atoms in total. The minimum absolute atomic E-state index is 0.224. The van der Waals surface area contributed by atoms with Crippen molar-refractivity contribution in [2.75, 3.05) is 0 Å². The number of rotatable bonds is 2. The number of aryl methyl sites for hydroxylation is 1. The molecule has 0 saturated carbocycles. The van der Waals surface area contributed by atoms with Gasteiger partial charge in [-0.1, -0.05) is 17.7 Å². The van der Waals surface area contributed by atoms with Gasteiger partial charge in [0.1, 0.15) is 5.75 Å². The van der Waals surface area contributed by atoms with Crippen molar-refractivity contribution in [1.82, 2.24) is 4.98 Å². The van der Waals surface area contributed by atoms with Gasteiger partial charge in [0, 0.05) is 11.2 Å². The van der Waals surface area contributed by atoms with Crippen molar-refractivity contribution in [2.45, 2.75) is 6.92 Å². The van der Waals surface area contributed by atoms with Crippen LogP contribution < -0.4 is 10.3 Å². The van der Waals surface area contributed by atoms with Crippen molar-refractivity contribution in [2.24, 2.45) is 0 Å². The third-order valence-electron chi connectivity index (χ3n) is 3.37. The molecule has 22 heavy (non-hydrogen) atoms. The van der Waals surface area contributed by atoms with Gasteiger partial charge < -0.3 is 9.72 Å². The number of esters is 1. The van der Waals surface area contributed by atoms with Crippen molar-refractivity contribution in [3.8, 4) is 5.75 Å². The lowest BCUT2D eigenvalue weighted by Gasteiger charge is -2.07. The van der Waals surface area contributed by atoms with E-state index in [9.17, 15) is 9.59 Å². The molecule has 0 atom stereocenters. The van der Waals surface area contributed by atoms with E-state index in [4.69, 9.17) is 16.3 Å². The van der Waals surface area contributed by atoms with Crippen LogP contribution in [0.15, 0.2) is 53.5 Å². The summed E-state index contributed by atoms with van der Waals surface area (Å²) in [6, 6.07) is 11.7. The smallest absolute Gasteiger partial charge is 0.343 e. The Morgan fingerprint density at radius 3 is 2.73 bits per heavy atom. The topological polar surface area (TPSA) is 59.2 Å². The summed E-state index contributed by atoms with van der Waals surface area (Å²) in [7, 11) is 0. The number of aromatic amines is 1. The van der Waals surface area contributed by atoms with Crippen LogP contribution in [-0.4, -0.2) is 11.0 Å². The molecule has 3 aromatic rings. The maximum absolute atomic E-state index is 12.2. The molecule has 1 aromatic heterocycles. The standard InChI is InChI=1S/C17H12ClNO3/c1-10-8-12(18)3-5-14(10)17(21)22-13-4-2-11-6-7-19-16(20)15(11)9-13/h2-9H,1H3,(H,19,20). The van der Waals surface area contributed by atoms with E-state index in [-0.39, 0.29) is 5.56 Å². The molecule has 3 rings (SSSR count). The van der Waals surface area contributed by atoms with Gasteiger partial charge in [0.2, 0.25) is 0 Å². The zero-order chi connectivity index (χ0) is 15.7. The van der Waals surface area contributed by atoms with E-state index in [2.05, 4.69) is 4.98 Å². The molecule has 5 heteroatoms. The molecule has 0 aliphatic carbocycles. The molecule has 0 radical (unpaired) electrons. The molecule has 0 bridgehead atoms. The summed E-state index contributed by atoms with van der Waals surface area (Å²) in [6.45, 7) is 1.79. The third kappa shape index (κ3) is 2.73. The Balaban J connectivity index is 1.94. The Bertz CT molecular complexity index is 931. The number of ether oxygens (including phenoxy) is 1. The lowest BCUT2D eigenvalue weighted by molar-refractivity contribution is 0.0734. The third-order valence-corrected chi connectivity index (χ3v) is 3.60. The number of fused-ring (bicyclic) bond motifs is 1. The zero-order valence-electron chi connectivity index (χ0n) is 11.7.